The van der Waals surface area contributed by atoms with E-state index in [1.807, 2.05) is 11.9 Å². The molecule has 0 bridgehead atoms. The van der Waals surface area contributed by atoms with E-state index in [0.29, 0.717) is 5.56 Å². The van der Waals surface area contributed by atoms with Crippen LogP contribution in [0.2, 0.25) is 0 Å². The summed E-state index contributed by atoms with van der Waals surface area (Å²) in [5.74, 6) is 0.391. The smallest absolute Gasteiger partial charge is 0.337 e. The molecule has 0 N–H and O–H groups in total. The largest absolute Gasteiger partial charge is 0.495 e. The van der Waals surface area contributed by atoms with Gasteiger partial charge in [0.05, 0.1) is 25.5 Å². The number of methoxy groups -OCH3 is 2. The van der Waals surface area contributed by atoms with Crippen molar-refractivity contribution in [2.24, 2.45) is 0 Å². The molecule has 0 saturated carbocycles. The van der Waals surface area contributed by atoms with Gasteiger partial charge in [-0.3, -0.25) is 0 Å². The third-order valence-corrected chi connectivity index (χ3v) is 2.79. The molecule has 0 radical (unpaired) electrons. The van der Waals surface area contributed by atoms with Gasteiger partial charge in [0.25, 0.3) is 0 Å². The Morgan fingerprint density at radius 3 is 2.65 bits per heavy atom. The molecule has 1 aromatic rings. The Bertz CT molecular complexity index is 395. The van der Waals surface area contributed by atoms with Crippen molar-refractivity contribution >= 4 is 27.6 Å². The van der Waals surface area contributed by atoms with Crippen molar-refractivity contribution in [2.45, 2.75) is 0 Å². The van der Waals surface area contributed by atoms with Crippen molar-refractivity contribution in [2.75, 3.05) is 38.0 Å². The van der Waals surface area contributed by atoms with Crippen molar-refractivity contribution in [3.05, 3.63) is 23.8 Å². The molecule has 0 amide bonds. The predicted molar refractivity (Wildman–Crippen MR) is 71.4 cm³/mol. The highest BCUT2D eigenvalue weighted by molar-refractivity contribution is 9.09. The van der Waals surface area contributed by atoms with E-state index < -0.39 is 0 Å². The Balaban J connectivity index is 3.10. The number of hydrogen-bond donors (Lipinski definition) is 0. The molecule has 0 spiro atoms. The zero-order valence-corrected chi connectivity index (χ0v) is 11.8. The second kappa shape index (κ2) is 6.49. The van der Waals surface area contributed by atoms with Crippen LogP contribution in [-0.4, -0.2) is 39.1 Å². The number of benzene rings is 1. The van der Waals surface area contributed by atoms with Crippen molar-refractivity contribution in [3.8, 4) is 5.75 Å². The van der Waals surface area contributed by atoms with Crippen LogP contribution in [0.3, 0.4) is 0 Å². The molecule has 94 valence electrons. The molecule has 4 nitrogen and oxygen atoms in total. The van der Waals surface area contributed by atoms with Gasteiger partial charge in [0.1, 0.15) is 5.75 Å². The molecule has 17 heavy (non-hydrogen) atoms. The summed E-state index contributed by atoms with van der Waals surface area (Å²) in [5, 5.41) is 0.842. The first kappa shape index (κ1) is 13.8. The Morgan fingerprint density at radius 2 is 2.12 bits per heavy atom. The van der Waals surface area contributed by atoms with Crippen LogP contribution in [-0.2, 0) is 4.74 Å². The van der Waals surface area contributed by atoms with Crippen molar-refractivity contribution in [1.82, 2.24) is 0 Å². The fourth-order valence-corrected chi connectivity index (χ4v) is 2.01. The first-order valence-electron chi connectivity index (χ1n) is 5.17. The lowest BCUT2D eigenvalue weighted by molar-refractivity contribution is 0.0601. The minimum atomic E-state index is -0.346. The first-order chi connectivity index (χ1) is 8.13. The lowest BCUT2D eigenvalue weighted by atomic mass is 10.1. The summed E-state index contributed by atoms with van der Waals surface area (Å²) in [6.07, 6.45) is 0. The molecule has 0 fully saturated rings. The van der Waals surface area contributed by atoms with Gasteiger partial charge in [-0.15, -0.1) is 0 Å². The number of hydrogen-bond acceptors (Lipinski definition) is 4. The number of carbonyl (C=O) groups excluding carboxylic acids is 1. The monoisotopic (exact) mass is 301 g/mol. The van der Waals surface area contributed by atoms with Gasteiger partial charge >= 0.3 is 5.97 Å². The molecule has 0 aliphatic rings. The minimum Gasteiger partial charge on any atom is -0.495 e. The minimum absolute atomic E-state index is 0.346. The number of nitrogens with zero attached hydrogens (tertiary/aromatic N) is 1. The van der Waals surface area contributed by atoms with Gasteiger partial charge in [-0.25, -0.2) is 4.79 Å². The fraction of sp³-hybridized carbons (Fsp3) is 0.417. The van der Waals surface area contributed by atoms with Gasteiger partial charge in [-0.1, -0.05) is 15.9 Å². The normalized spacial score (nSPS) is 9.88. The van der Waals surface area contributed by atoms with Crippen LogP contribution >= 0.6 is 15.9 Å². The SMILES string of the molecule is COC(=O)c1ccc(OC)c(N(C)CCBr)c1. The molecular formula is C12H16BrNO3. The van der Waals surface area contributed by atoms with E-state index >= 15 is 0 Å². The van der Waals surface area contributed by atoms with Crippen LogP contribution in [0.15, 0.2) is 18.2 Å². The van der Waals surface area contributed by atoms with Crippen LogP contribution in [0, 0.1) is 0 Å². The maximum absolute atomic E-state index is 11.5. The first-order valence-corrected chi connectivity index (χ1v) is 6.29. The molecule has 5 heteroatoms. The molecule has 0 aromatic heterocycles. The van der Waals surface area contributed by atoms with Crippen LogP contribution < -0.4 is 9.64 Å². The van der Waals surface area contributed by atoms with Gasteiger partial charge in [0.15, 0.2) is 0 Å². The summed E-state index contributed by atoms with van der Waals surface area (Å²) in [4.78, 5) is 13.5. The molecule has 0 saturated heterocycles. The number of esters is 1. The van der Waals surface area contributed by atoms with E-state index in [4.69, 9.17) is 9.47 Å². The van der Waals surface area contributed by atoms with Crippen LogP contribution in [0.4, 0.5) is 5.69 Å². The number of carbonyl (C=O) groups is 1. The number of ether oxygens (including phenoxy) is 2. The summed E-state index contributed by atoms with van der Waals surface area (Å²) in [6, 6.07) is 5.23. The summed E-state index contributed by atoms with van der Waals surface area (Å²) < 4.78 is 9.97. The van der Waals surface area contributed by atoms with Gasteiger partial charge in [0, 0.05) is 18.9 Å². The second-order valence-corrected chi connectivity index (χ2v) is 4.28. The molecule has 1 rings (SSSR count). The maximum atomic E-state index is 11.5. The topological polar surface area (TPSA) is 38.8 Å². The molecule has 0 aliphatic carbocycles. The number of anilines is 1. The molecule has 0 heterocycles. The van der Waals surface area contributed by atoms with Gasteiger partial charge in [0.2, 0.25) is 0 Å². The van der Waals surface area contributed by atoms with Crippen molar-refractivity contribution in [1.29, 1.82) is 0 Å². The van der Waals surface area contributed by atoms with Crippen molar-refractivity contribution in [3.63, 3.8) is 0 Å². The van der Waals surface area contributed by atoms with E-state index in [1.54, 1.807) is 25.3 Å². The average molecular weight is 302 g/mol. The van der Waals surface area contributed by atoms with E-state index in [9.17, 15) is 4.79 Å². The lowest BCUT2D eigenvalue weighted by Gasteiger charge is -2.21. The Morgan fingerprint density at radius 1 is 1.41 bits per heavy atom. The lowest BCUT2D eigenvalue weighted by Crippen LogP contribution is -2.20. The molecule has 0 atom stereocenters. The van der Waals surface area contributed by atoms with E-state index in [2.05, 4.69) is 15.9 Å². The van der Waals surface area contributed by atoms with Gasteiger partial charge in [-0.2, -0.15) is 0 Å². The highest BCUT2D eigenvalue weighted by atomic mass is 79.9. The van der Waals surface area contributed by atoms with Crippen LogP contribution in [0.5, 0.6) is 5.75 Å². The third kappa shape index (κ3) is 3.36. The van der Waals surface area contributed by atoms with E-state index in [0.717, 1.165) is 23.3 Å². The second-order valence-electron chi connectivity index (χ2n) is 3.49. The van der Waals surface area contributed by atoms with Crippen molar-refractivity contribution < 1.29 is 14.3 Å². The zero-order chi connectivity index (χ0) is 12.8. The number of alkyl halides is 1. The molecule has 0 aliphatic heterocycles. The third-order valence-electron chi connectivity index (χ3n) is 2.43. The predicted octanol–water partition coefficient (Wildman–Crippen LogP) is 2.31. The number of halogens is 1. The van der Waals surface area contributed by atoms with Crippen LogP contribution in [0.25, 0.3) is 0 Å². The highest BCUT2D eigenvalue weighted by Crippen LogP contribution is 2.28. The van der Waals surface area contributed by atoms with E-state index in [-0.39, 0.29) is 5.97 Å². The summed E-state index contributed by atoms with van der Waals surface area (Å²) in [7, 11) is 4.92. The van der Waals surface area contributed by atoms with Crippen LogP contribution in [0.1, 0.15) is 10.4 Å². The number of rotatable bonds is 5. The zero-order valence-electron chi connectivity index (χ0n) is 10.2. The summed E-state index contributed by atoms with van der Waals surface area (Å²) >= 11 is 3.38. The van der Waals surface area contributed by atoms with Gasteiger partial charge in [-0.05, 0) is 18.2 Å². The fourth-order valence-electron chi connectivity index (χ4n) is 1.48. The Hall–Kier alpha value is -1.23. The average Bonchev–Trinajstić information content (AvgIpc) is 2.37. The Labute approximate surface area is 110 Å². The van der Waals surface area contributed by atoms with E-state index in [1.165, 1.54) is 7.11 Å². The maximum Gasteiger partial charge on any atom is 0.337 e. The van der Waals surface area contributed by atoms with Gasteiger partial charge < -0.3 is 14.4 Å². The summed E-state index contributed by atoms with van der Waals surface area (Å²) in [5.41, 5.74) is 1.39. The quantitative estimate of drug-likeness (QED) is 0.618. The molecule has 0 unspecified atom stereocenters. The summed E-state index contributed by atoms with van der Waals surface area (Å²) in [6.45, 7) is 0.820. The standard InChI is InChI=1S/C12H16BrNO3/c1-14(7-6-13)10-8-9(12(15)17-3)4-5-11(10)16-2/h4-5,8H,6-7H2,1-3H3. The molecule has 1 aromatic carbocycles. The highest BCUT2D eigenvalue weighted by Gasteiger charge is 2.12. The Kier molecular flexibility index (Phi) is 5.28. The molecular weight excluding hydrogens is 286 g/mol.